The van der Waals surface area contributed by atoms with Crippen molar-refractivity contribution in [1.82, 2.24) is 9.97 Å². The van der Waals surface area contributed by atoms with E-state index in [0.29, 0.717) is 11.8 Å². The molecular weight excluding hydrogens is 274 g/mol. The van der Waals surface area contributed by atoms with Gasteiger partial charge in [0.25, 0.3) is 0 Å². The maximum Gasteiger partial charge on any atom is 0.232 e. The molecule has 0 saturated carbocycles. The second-order valence-electron chi connectivity index (χ2n) is 3.70. The number of ether oxygens (including phenoxy) is 1. The SMILES string of the molecule is COc1nc(N2CCCC2CO)ncc1Br. The fourth-order valence-corrected chi connectivity index (χ4v) is 2.27. The Kier molecular flexibility index (Phi) is 3.60. The summed E-state index contributed by atoms with van der Waals surface area (Å²) in [5, 5.41) is 9.24. The van der Waals surface area contributed by atoms with Crippen LogP contribution in [-0.4, -0.2) is 41.4 Å². The summed E-state index contributed by atoms with van der Waals surface area (Å²) in [4.78, 5) is 10.6. The van der Waals surface area contributed by atoms with Crippen molar-refractivity contribution in [2.75, 3.05) is 25.2 Å². The maximum absolute atomic E-state index is 9.24. The highest BCUT2D eigenvalue weighted by Crippen LogP contribution is 2.27. The van der Waals surface area contributed by atoms with Gasteiger partial charge < -0.3 is 14.7 Å². The zero-order chi connectivity index (χ0) is 11.5. The lowest BCUT2D eigenvalue weighted by Gasteiger charge is -2.23. The Morgan fingerprint density at radius 3 is 3.19 bits per heavy atom. The molecule has 1 N–H and O–H groups in total. The number of nitrogens with zero attached hydrogens (tertiary/aromatic N) is 3. The molecule has 0 radical (unpaired) electrons. The largest absolute Gasteiger partial charge is 0.480 e. The summed E-state index contributed by atoms with van der Waals surface area (Å²) in [6.07, 6.45) is 3.72. The van der Waals surface area contributed by atoms with Gasteiger partial charge in [-0.05, 0) is 28.8 Å². The molecule has 5 nitrogen and oxygen atoms in total. The number of rotatable bonds is 3. The van der Waals surface area contributed by atoms with E-state index in [2.05, 4.69) is 25.9 Å². The number of methoxy groups -OCH3 is 1. The Morgan fingerprint density at radius 2 is 2.50 bits per heavy atom. The van der Waals surface area contributed by atoms with Gasteiger partial charge in [-0.3, -0.25) is 0 Å². The summed E-state index contributed by atoms with van der Waals surface area (Å²) in [7, 11) is 1.57. The van der Waals surface area contributed by atoms with E-state index in [1.54, 1.807) is 13.3 Å². The first kappa shape index (κ1) is 11.6. The van der Waals surface area contributed by atoms with Crippen molar-refractivity contribution >= 4 is 21.9 Å². The minimum Gasteiger partial charge on any atom is -0.480 e. The molecule has 1 aromatic heterocycles. The van der Waals surface area contributed by atoms with Crippen molar-refractivity contribution in [3.8, 4) is 5.88 Å². The molecule has 1 aliphatic heterocycles. The van der Waals surface area contributed by atoms with Crippen LogP contribution in [0.15, 0.2) is 10.7 Å². The molecule has 1 saturated heterocycles. The second-order valence-corrected chi connectivity index (χ2v) is 4.55. The maximum atomic E-state index is 9.24. The van der Waals surface area contributed by atoms with Gasteiger partial charge in [0.05, 0.1) is 30.4 Å². The number of aromatic nitrogens is 2. The van der Waals surface area contributed by atoms with Gasteiger partial charge in [0.15, 0.2) is 0 Å². The lowest BCUT2D eigenvalue weighted by molar-refractivity contribution is 0.265. The van der Waals surface area contributed by atoms with E-state index in [4.69, 9.17) is 4.74 Å². The summed E-state index contributed by atoms with van der Waals surface area (Å²) in [6.45, 7) is 1.03. The molecule has 1 fully saturated rings. The van der Waals surface area contributed by atoms with Crippen LogP contribution in [0.25, 0.3) is 0 Å². The molecule has 0 aliphatic carbocycles. The Hall–Kier alpha value is -0.880. The molecule has 88 valence electrons. The van der Waals surface area contributed by atoms with E-state index in [-0.39, 0.29) is 12.6 Å². The summed E-state index contributed by atoms with van der Waals surface area (Å²) in [6, 6.07) is 0.130. The molecule has 0 spiro atoms. The van der Waals surface area contributed by atoms with Gasteiger partial charge in [-0.1, -0.05) is 0 Å². The van der Waals surface area contributed by atoms with Crippen LogP contribution in [0.4, 0.5) is 5.95 Å². The molecule has 16 heavy (non-hydrogen) atoms. The predicted octanol–water partition coefficient (Wildman–Crippen LogP) is 1.21. The van der Waals surface area contributed by atoms with E-state index < -0.39 is 0 Å². The van der Waals surface area contributed by atoms with Crippen molar-refractivity contribution in [2.24, 2.45) is 0 Å². The van der Waals surface area contributed by atoms with Crippen molar-refractivity contribution in [2.45, 2.75) is 18.9 Å². The minimum absolute atomic E-state index is 0.130. The van der Waals surface area contributed by atoms with Crippen molar-refractivity contribution in [3.63, 3.8) is 0 Å². The molecule has 0 aromatic carbocycles. The van der Waals surface area contributed by atoms with E-state index in [1.807, 2.05) is 4.90 Å². The first-order valence-corrected chi connectivity index (χ1v) is 5.99. The molecule has 2 rings (SSSR count). The summed E-state index contributed by atoms with van der Waals surface area (Å²) in [5.74, 6) is 1.14. The highest BCUT2D eigenvalue weighted by Gasteiger charge is 2.26. The average Bonchev–Trinajstić information content (AvgIpc) is 2.78. The third-order valence-corrected chi connectivity index (χ3v) is 3.28. The molecule has 2 heterocycles. The van der Waals surface area contributed by atoms with Crippen LogP contribution in [0.2, 0.25) is 0 Å². The van der Waals surface area contributed by atoms with Crippen LogP contribution in [0, 0.1) is 0 Å². The quantitative estimate of drug-likeness (QED) is 0.906. The van der Waals surface area contributed by atoms with E-state index >= 15 is 0 Å². The minimum atomic E-state index is 0.130. The molecular formula is C10H14BrN3O2. The first-order chi connectivity index (χ1) is 7.76. The normalized spacial score (nSPS) is 20.2. The number of halogens is 1. The van der Waals surface area contributed by atoms with Crippen LogP contribution in [-0.2, 0) is 0 Å². The van der Waals surface area contributed by atoms with Crippen molar-refractivity contribution < 1.29 is 9.84 Å². The molecule has 1 aliphatic rings. The topological polar surface area (TPSA) is 58.5 Å². The Labute approximate surface area is 103 Å². The molecule has 1 atom stereocenters. The van der Waals surface area contributed by atoms with Gasteiger partial charge in [-0.25, -0.2) is 4.98 Å². The fourth-order valence-electron chi connectivity index (χ4n) is 1.91. The fraction of sp³-hybridized carbons (Fsp3) is 0.600. The van der Waals surface area contributed by atoms with Crippen LogP contribution in [0.1, 0.15) is 12.8 Å². The molecule has 0 amide bonds. The lowest BCUT2D eigenvalue weighted by Crippen LogP contribution is -2.33. The van der Waals surface area contributed by atoms with Gasteiger partial charge in [-0.2, -0.15) is 4.98 Å². The number of hydrogen-bond donors (Lipinski definition) is 1. The lowest BCUT2D eigenvalue weighted by atomic mass is 10.2. The highest BCUT2D eigenvalue weighted by molar-refractivity contribution is 9.10. The third kappa shape index (κ3) is 2.12. The number of aliphatic hydroxyl groups is 1. The Morgan fingerprint density at radius 1 is 1.69 bits per heavy atom. The number of anilines is 1. The van der Waals surface area contributed by atoms with Gasteiger partial charge in [0.1, 0.15) is 0 Å². The third-order valence-electron chi connectivity index (χ3n) is 2.74. The Bertz CT molecular complexity index is 375. The van der Waals surface area contributed by atoms with Crippen LogP contribution in [0.3, 0.4) is 0 Å². The van der Waals surface area contributed by atoms with E-state index in [1.165, 1.54) is 0 Å². The molecule has 1 unspecified atom stereocenters. The summed E-state index contributed by atoms with van der Waals surface area (Å²) in [5.41, 5.74) is 0. The van der Waals surface area contributed by atoms with Crippen molar-refractivity contribution in [1.29, 1.82) is 0 Å². The molecule has 0 bridgehead atoms. The van der Waals surface area contributed by atoms with Gasteiger partial charge in [0.2, 0.25) is 11.8 Å². The standard InChI is InChI=1S/C10H14BrN3O2/c1-16-9-8(11)5-12-10(13-9)14-4-2-3-7(14)6-15/h5,7,15H,2-4,6H2,1H3. The molecule has 6 heteroatoms. The van der Waals surface area contributed by atoms with Crippen LogP contribution in [0.5, 0.6) is 5.88 Å². The van der Waals surface area contributed by atoms with E-state index in [9.17, 15) is 5.11 Å². The summed E-state index contributed by atoms with van der Waals surface area (Å²) >= 11 is 3.31. The number of hydrogen-bond acceptors (Lipinski definition) is 5. The van der Waals surface area contributed by atoms with Crippen LogP contribution < -0.4 is 9.64 Å². The van der Waals surface area contributed by atoms with Gasteiger partial charge >= 0.3 is 0 Å². The smallest absolute Gasteiger partial charge is 0.232 e. The number of aliphatic hydroxyl groups excluding tert-OH is 1. The monoisotopic (exact) mass is 287 g/mol. The zero-order valence-corrected chi connectivity index (χ0v) is 10.6. The summed E-state index contributed by atoms with van der Waals surface area (Å²) < 4.78 is 5.86. The predicted molar refractivity (Wildman–Crippen MR) is 63.7 cm³/mol. The zero-order valence-electron chi connectivity index (χ0n) is 9.06. The Balaban J connectivity index is 2.26. The first-order valence-electron chi connectivity index (χ1n) is 5.20. The second kappa shape index (κ2) is 4.97. The van der Waals surface area contributed by atoms with Gasteiger partial charge in [-0.15, -0.1) is 0 Å². The van der Waals surface area contributed by atoms with Crippen molar-refractivity contribution in [3.05, 3.63) is 10.7 Å². The van der Waals surface area contributed by atoms with E-state index in [0.717, 1.165) is 23.9 Å². The average molecular weight is 288 g/mol. The van der Waals surface area contributed by atoms with Gasteiger partial charge in [0, 0.05) is 6.54 Å². The highest BCUT2D eigenvalue weighted by atomic mass is 79.9. The van der Waals surface area contributed by atoms with Crippen LogP contribution >= 0.6 is 15.9 Å². The molecule has 1 aromatic rings.